The van der Waals surface area contributed by atoms with Crippen molar-refractivity contribution in [3.63, 3.8) is 0 Å². The summed E-state index contributed by atoms with van der Waals surface area (Å²) >= 11 is 0. The number of rotatable bonds is 1. The summed E-state index contributed by atoms with van der Waals surface area (Å²) in [4.78, 5) is 4.77. The summed E-state index contributed by atoms with van der Waals surface area (Å²) in [7, 11) is 0. The number of hydrogen-bond acceptors (Lipinski definition) is 3. The molecule has 0 spiro atoms. The Kier molecular flexibility index (Phi) is 3.86. The lowest BCUT2D eigenvalue weighted by Gasteiger charge is -2.22. The van der Waals surface area contributed by atoms with Crippen molar-refractivity contribution in [1.29, 1.82) is 0 Å². The van der Waals surface area contributed by atoms with E-state index in [0.717, 1.165) is 55.5 Å². The molecule has 0 amide bonds. The van der Waals surface area contributed by atoms with Crippen LogP contribution in [0.15, 0.2) is 69.6 Å². The van der Waals surface area contributed by atoms with E-state index in [-0.39, 0.29) is 5.41 Å². The summed E-state index contributed by atoms with van der Waals surface area (Å²) in [5.74, 6) is 0.949. The van der Waals surface area contributed by atoms with Crippen LogP contribution >= 0.6 is 0 Å². The predicted octanol–water partition coefficient (Wildman–Crippen LogP) is 8.46. The summed E-state index contributed by atoms with van der Waals surface area (Å²) in [6, 6.07) is 19.3. The Bertz CT molecular complexity index is 1680. The molecule has 0 fully saturated rings. The number of pyridine rings is 1. The minimum absolute atomic E-state index is 0.0112. The van der Waals surface area contributed by atoms with Crippen molar-refractivity contribution < 1.29 is 8.83 Å². The van der Waals surface area contributed by atoms with E-state index in [1.807, 2.05) is 19.2 Å². The minimum atomic E-state index is 0.0112. The van der Waals surface area contributed by atoms with Gasteiger partial charge in [-0.1, -0.05) is 45.0 Å². The van der Waals surface area contributed by atoms with Crippen molar-refractivity contribution in [2.75, 3.05) is 0 Å². The molecule has 0 atom stereocenters. The lowest BCUT2D eigenvalue weighted by atomic mass is 9.82. The standard InChI is InChI=1S/C29H25NO2/c1-16-17(2)31-25-15-23-21-10-11-30-27(28(21)32-26(23)14-22(16)25)19-12-18-8-6-7-9-20(18)24(13-19)29(3,4)5/h6-15H,1-5H3. The zero-order valence-corrected chi connectivity index (χ0v) is 19.0. The van der Waals surface area contributed by atoms with E-state index in [2.05, 4.69) is 76.2 Å². The summed E-state index contributed by atoms with van der Waals surface area (Å²) in [5, 5.41) is 5.72. The molecule has 3 aromatic heterocycles. The van der Waals surface area contributed by atoms with Crippen molar-refractivity contribution in [3.8, 4) is 11.3 Å². The number of fused-ring (bicyclic) bond motifs is 5. The van der Waals surface area contributed by atoms with Gasteiger partial charge in [-0.2, -0.15) is 0 Å². The normalized spacial score (nSPS) is 12.5. The highest BCUT2D eigenvalue weighted by atomic mass is 16.3. The minimum Gasteiger partial charge on any atom is -0.461 e. The molecule has 32 heavy (non-hydrogen) atoms. The number of aromatic nitrogens is 1. The summed E-state index contributed by atoms with van der Waals surface area (Å²) in [6.07, 6.45) is 1.88. The second-order valence-electron chi connectivity index (χ2n) is 9.76. The van der Waals surface area contributed by atoms with Gasteiger partial charge in [0.2, 0.25) is 0 Å². The van der Waals surface area contributed by atoms with Gasteiger partial charge in [0.15, 0.2) is 5.58 Å². The molecule has 158 valence electrons. The first kappa shape index (κ1) is 19.1. The summed E-state index contributed by atoms with van der Waals surface area (Å²) < 4.78 is 12.4. The van der Waals surface area contributed by atoms with Gasteiger partial charge in [-0.25, -0.2) is 0 Å². The van der Waals surface area contributed by atoms with Gasteiger partial charge in [0.25, 0.3) is 0 Å². The van der Waals surface area contributed by atoms with E-state index in [4.69, 9.17) is 13.8 Å². The molecule has 6 aromatic rings. The van der Waals surface area contributed by atoms with Crippen LogP contribution in [0.3, 0.4) is 0 Å². The van der Waals surface area contributed by atoms with Crippen LogP contribution in [0.5, 0.6) is 0 Å². The van der Waals surface area contributed by atoms with Crippen LogP contribution < -0.4 is 0 Å². The van der Waals surface area contributed by atoms with Gasteiger partial charge in [-0.3, -0.25) is 4.98 Å². The van der Waals surface area contributed by atoms with Gasteiger partial charge in [0, 0.05) is 27.9 Å². The van der Waals surface area contributed by atoms with Gasteiger partial charge in [-0.05, 0) is 71.5 Å². The van der Waals surface area contributed by atoms with Crippen molar-refractivity contribution >= 4 is 43.7 Å². The number of nitrogens with zero attached hydrogens (tertiary/aromatic N) is 1. The smallest absolute Gasteiger partial charge is 0.161 e. The zero-order valence-electron chi connectivity index (χ0n) is 19.0. The average molecular weight is 420 g/mol. The Labute approximate surface area is 186 Å². The van der Waals surface area contributed by atoms with E-state index in [0.29, 0.717) is 0 Å². The van der Waals surface area contributed by atoms with Gasteiger partial charge >= 0.3 is 0 Å². The maximum absolute atomic E-state index is 6.44. The first-order valence-electron chi connectivity index (χ1n) is 11.1. The highest BCUT2D eigenvalue weighted by Gasteiger charge is 2.21. The first-order chi connectivity index (χ1) is 15.3. The zero-order chi connectivity index (χ0) is 22.2. The lowest BCUT2D eigenvalue weighted by molar-refractivity contribution is 0.575. The molecule has 0 aliphatic rings. The molecule has 0 bridgehead atoms. The largest absolute Gasteiger partial charge is 0.461 e. The fourth-order valence-corrected chi connectivity index (χ4v) is 4.81. The first-order valence-corrected chi connectivity index (χ1v) is 11.1. The Morgan fingerprint density at radius 3 is 2.31 bits per heavy atom. The third-order valence-corrected chi connectivity index (χ3v) is 6.63. The average Bonchev–Trinajstić information content (AvgIpc) is 3.27. The van der Waals surface area contributed by atoms with E-state index in [9.17, 15) is 0 Å². The predicted molar refractivity (Wildman–Crippen MR) is 132 cm³/mol. The van der Waals surface area contributed by atoms with Gasteiger partial charge in [0.1, 0.15) is 22.6 Å². The van der Waals surface area contributed by atoms with Crippen LogP contribution in [0, 0.1) is 13.8 Å². The number of benzene rings is 3. The molecule has 0 unspecified atom stereocenters. The van der Waals surface area contributed by atoms with Crippen LogP contribution in [-0.2, 0) is 5.41 Å². The maximum Gasteiger partial charge on any atom is 0.161 e. The fourth-order valence-electron chi connectivity index (χ4n) is 4.81. The van der Waals surface area contributed by atoms with Crippen LogP contribution in [0.2, 0.25) is 0 Å². The Morgan fingerprint density at radius 1 is 0.750 bits per heavy atom. The Balaban J connectivity index is 1.67. The fraction of sp³-hybridized carbons (Fsp3) is 0.207. The summed E-state index contributed by atoms with van der Waals surface area (Å²) in [6.45, 7) is 10.9. The molecule has 0 radical (unpaired) electrons. The molecule has 3 heteroatoms. The van der Waals surface area contributed by atoms with Gasteiger partial charge in [0.05, 0.1) is 0 Å². The van der Waals surface area contributed by atoms with Crippen LogP contribution in [0.1, 0.15) is 37.7 Å². The van der Waals surface area contributed by atoms with E-state index in [1.54, 1.807) is 0 Å². The maximum atomic E-state index is 6.44. The van der Waals surface area contributed by atoms with E-state index >= 15 is 0 Å². The highest BCUT2D eigenvalue weighted by molar-refractivity contribution is 6.12. The number of hydrogen-bond donors (Lipinski definition) is 0. The lowest BCUT2D eigenvalue weighted by Crippen LogP contribution is -2.12. The summed E-state index contributed by atoms with van der Waals surface area (Å²) in [5.41, 5.74) is 7.01. The molecule has 0 aliphatic heterocycles. The molecule has 3 heterocycles. The van der Waals surface area contributed by atoms with Crippen molar-refractivity contribution in [2.24, 2.45) is 0 Å². The SMILES string of the molecule is Cc1oc2cc3c(cc2c1C)oc1c(-c2cc(C(C)(C)C)c4ccccc4c2)nccc13. The van der Waals surface area contributed by atoms with Crippen molar-refractivity contribution in [2.45, 2.75) is 40.0 Å². The molecule has 0 saturated carbocycles. The third kappa shape index (κ3) is 2.70. The topological polar surface area (TPSA) is 39.2 Å². The molecular weight excluding hydrogens is 394 g/mol. The van der Waals surface area contributed by atoms with Gasteiger partial charge in [-0.15, -0.1) is 0 Å². The second kappa shape index (κ2) is 6.46. The highest BCUT2D eigenvalue weighted by Crippen LogP contribution is 2.40. The second-order valence-corrected chi connectivity index (χ2v) is 9.76. The monoisotopic (exact) mass is 419 g/mol. The van der Waals surface area contributed by atoms with Crippen molar-refractivity contribution in [1.82, 2.24) is 4.98 Å². The molecular formula is C29H25NO2. The molecule has 0 saturated heterocycles. The van der Waals surface area contributed by atoms with Crippen LogP contribution in [0.4, 0.5) is 0 Å². The van der Waals surface area contributed by atoms with E-state index in [1.165, 1.54) is 16.3 Å². The number of furan rings is 2. The molecule has 0 N–H and O–H groups in total. The number of aryl methyl sites for hydroxylation is 2. The quantitative estimate of drug-likeness (QED) is 0.268. The van der Waals surface area contributed by atoms with Gasteiger partial charge < -0.3 is 8.83 Å². The Morgan fingerprint density at radius 2 is 1.50 bits per heavy atom. The van der Waals surface area contributed by atoms with Crippen LogP contribution in [0.25, 0.3) is 54.9 Å². The third-order valence-electron chi connectivity index (χ3n) is 6.63. The molecule has 6 rings (SSSR count). The van der Waals surface area contributed by atoms with E-state index < -0.39 is 0 Å². The van der Waals surface area contributed by atoms with Crippen molar-refractivity contribution in [3.05, 3.63) is 77.7 Å². The molecule has 3 nitrogen and oxygen atoms in total. The van der Waals surface area contributed by atoms with Crippen LogP contribution in [-0.4, -0.2) is 4.98 Å². The Hall–Kier alpha value is -3.59. The molecule has 0 aliphatic carbocycles. The molecule has 3 aromatic carbocycles.